The summed E-state index contributed by atoms with van der Waals surface area (Å²) in [5.74, 6) is 1.86. The molecule has 0 amide bonds. The molecule has 110 valence electrons. The van der Waals surface area contributed by atoms with Crippen molar-refractivity contribution >= 4 is 5.82 Å². The molecule has 0 aliphatic carbocycles. The summed E-state index contributed by atoms with van der Waals surface area (Å²) in [4.78, 5) is 11.4. The summed E-state index contributed by atoms with van der Waals surface area (Å²) in [6, 6.07) is 12.3. The second-order valence-electron chi connectivity index (χ2n) is 6.02. The summed E-state index contributed by atoms with van der Waals surface area (Å²) in [6.07, 6.45) is 2.62. The van der Waals surface area contributed by atoms with Gasteiger partial charge in [0.05, 0.1) is 12.2 Å². The minimum atomic E-state index is -0.122. The summed E-state index contributed by atoms with van der Waals surface area (Å²) in [6.45, 7) is 6.71. The predicted octanol–water partition coefficient (Wildman–Crippen LogP) is 2.68. The van der Waals surface area contributed by atoms with Crippen LogP contribution < -0.4 is 4.90 Å². The molecule has 1 fully saturated rings. The van der Waals surface area contributed by atoms with Gasteiger partial charge in [0.15, 0.2) is 0 Å². The Labute approximate surface area is 125 Å². The van der Waals surface area contributed by atoms with E-state index in [0.717, 1.165) is 37.8 Å². The highest BCUT2D eigenvalue weighted by molar-refractivity contribution is 5.39. The summed E-state index contributed by atoms with van der Waals surface area (Å²) >= 11 is 0. The van der Waals surface area contributed by atoms with Gasteiger partial charge >= 0.3 is 0 Å². The summed E-state index contributed by atoms with van der Waals surface area (Å²) in [5.41, 5.74) is 1.11. The van der Waals surface area contributed by atoms with E-state index in [0.29, 0.717) is 0 Å². The molecule has 1 aliphatic heterocycles. The van der Waals surface area contributed by atoms with Crippen LogP contribution in [0.4, 0.5) is 5.82 Å². The molecule has 4 heteroatoms. The molecule has 0 bridgehead atoms. The van der Waals surface area contributed by atoms with E-state index in [4.69, 9.17) is 9.72 Å². The number of anilines is 1. The molecule has 0 unspecified atom stereocenters. The number of hydrogen-bond acceptors (Lipinski definition) is 4. The van der Waals surface area contributed by atoms with Crippen molar-refractivity contribution in [1.29, 1.82) is 0 Å². The molecule has 1 aliphatic rings. The van der Waals surface area contributed by atoms with Gasteiger partial charge in [0, 0.05) is 25.7 Å². The van der Waals surface area contributed by atoms with Gasteiger partial charge in [0.25, 0.3) is 0 Å². The molecule has 1 aromatic carbocycles. The van der Waals surface area contributed by atoms with E-state index in [1.165, 1.54) is 5.56 Å². The third-order valence-electron chi connectivity index (χ3n) is 3.65. The normalized spacial score (nSPS) is 17.7. The van der Waals surface area contributed by atoms with Crippen molar-refractivity contribution in [3.05, 3.63) is 54.0 Å². The van der Waals surface area contributed by atoms with Crippen LogP contribution in [0.25, 0.3) is 0 Å². The predicted molar refractivity (Wildman–Crippen MR) is 83.5 cm³/mol. The fourth-order valence-electron chi connectivity index (χ4n) is 2.64. The lowest BCUT2D eigenvalue weighted by Gasteiger charge is -2.38. The summed E-state index contributed by atoms with van der Waals surface area (Å²) < 4.78 is 5.76. The largest absolute Gasteiger partial charge is 0.372 e. The van der Waals surface area contributed by atoms with Crippen LogP contribution in [0.15, 0.2) is 42.6 Å². The molecule has 2 heterocycles. The highest BCUT2D eigenvalue weighted by Crippen LogP contribution is 2.21. The van der Waals surface area contributed by atoms with E-state index in [2.05, 4.69) is 35.9 Å². The third kappa shape index (κ3) is 3.58. The Morgan fingerprint density at radius 3 is 2.76 bits per heavy atom. The minimum Gasteiger partial charge on any atom is -0.372 e. The lowest BCUT2D eigenvalue weighted by molar-refractivity contribution is -0.0279. The second-order valence-corrected chi connectivity index (χ2v) is 6.02. The lowest BCUT2D eigenvalue weighted by Crippen LogP contribution is -2.48. The minimum absolute atomic E-state index is 0.122. The van der Waals surface area contributed by atoms with Crippen molar-refractivity contribution < 1.29 is 4.74 Å². The monoisotopic (exact) mass is 283 g/mol. The molecule has 0 atom stereocenters. The first-order valence-corrected chi connectivity index (χ1v) is 7.37. The van der Waals surface area contributed by atoms with Crippen molar-refractivity contribution in [2.45, 2.75) is 25.9 Å². The van der Waals surface area contributed by atoms with Gasteiger partial charge in [-0.1, -0.05) is 30.3 Å². The summed E-state index contributed by atoms with van der Waals surface area (Å²) in [5, 5.41) is 0. The van der Waals surface area contributed by atoms with Crippen molar-refractivity contribution in [1.82, 2.24) is 9.97 Å². The zero-order valence-corrected chi connectivity index (χ0v) is 12.6. The first-order valence-electron chi connectivity index (χ1n) is 7.37. The van der Waals surface area contributed by atoms with Gasteiger partial charge in [-0.2, -0.15) is 0 Å². The van der Waals surface area contributed by atoms with E-state index in [1.807, 2.05) is 30.5 Å². The van der Waals surface area contributed by atoms with Crippen LogP contribution in [0, 0.1) is 0 Å². The topological polar surface area (TPSA) is 38.2 Å². The van der Waals surface area contributed by atoms with Crippen LogP contribution in [0.1, 0.15) is 25.2 Å². The Morgan fingerprint density at radius 2 is 2.00 bits per heavy atom. The van der Waals surface area contributed by atoms with Gasteiger partial charge in [-0.25, -0.2) is 9.97 Å². The third-order valence-corrected chi connectivity index (χ3v) is 3.65. The van der Waals surface area contributed by atoms with Crippen LogP contribution in [-0.4, -0.2) is 35.3 Å². The lowest BCUT2D eigenvalue weighted by atomic mass is 10.1. The smallest absolute Gasteiger partial charge is 0.135 e. The van der Waals surface area contributed by atoms with Crippen LogP contribution >= 0.6 is 0 Å². The maximum Gasteiger partial charge on any atom is 0.135 e. The van der Waals surface area contributed by atoms with Gasteiger partial charge in [0.1, 0.15) is 11.6 Å². The molecule has 2 aromatic rings. The standard InChI is InChI=1S/C17H21N3O/c1-17(2)13-20(10-11-21-17)16-8-9-18-15(19-16)12-14-6-4-3-5-7-14/h3-9H,10-13H2,1-2H3. The van der Waals surface area contributed by atoms with E-state index >= 15 is 0 Å². The SMILES string of the molecule is CC1(C)CN(c2ccnc(Cc3ccccc3)n2)CCO1. The number of nitrogens with zero attached hydrogens (tertiary/aromatic N) is 3. The van der Waals surface area contributed by atoms with Crippen LogP contribution in [0.5, 0.6) is 0 Å². The molecule has 1 saturated heterocycles. The molecule has 0 N–H and O–H groups in total. The maximum absolute atomic E-state index is 5.76. The number of rotatable bonds is 3. The Morgan fingerprint density at radius 1 is 1.19 bits per heavy atom. The van der Waals surface area contributed by atoms with Crippen molar-refractivity contribution in [2.75, 3.05) is 24.6 Å². The molecule has 4 nitrogen and oxygen atoms in total. The number of ether oxygens (including phenoxy) is 1. The Kier molecular flexibility index (Phi) is 3.88. The second kappa shape index (κ2) is 5.82. The highest BCUT2D eigenvalue weighted by Gasteiger charge is 2.27. The van der Waals surface area contributed by atoms with Crippen LogP contribution in [0.3, 0.4) is 0 Å². The molecule has 1 aromatic heterocycles. The highest BCUT2D eigenvalue weighted by atomic mass is 16.5. The number of aromatic nitrogens is 2. The summed E-state index contributed by atoms with van der Waals surface area (Å²) in [7, 11) is 0. The maximum atomic E-state index is 5.76. The van der Waals surface area contributed by atoms with Crippen molar-refractivity contribution in [2.24, 2.45) is 0 Å². The zero-order chi connectivity index (χ0) is 14.7. The molecule has 21 heavy (non-hydrogen) atoms. The fourth-order valence-corrected chi connectivity index (χ4v) is 2.64. The van der Waals surface area contributed by atoms with Crippen LogP contribution in [0.2, 0.25) is 0 Å². The number of benzene rings is 1. The van der Waals surface area contributed by atoms with Gasteiger partial charge in [0.2, 0.25) is 0 Å². The van der Waals surface area contributed by atoms with Crippen molar-refractivity contribution in [3.63, 3.8) is 0 Å². The number of morpholine rings is 1. The molecule has 3 rings (SSSR count). The molecular formula is C17H21N3O. The fraction of sp³-hybridized carbons (Fsp3) is 0.412. The van der Waals surface area contributed by atoms with E-state index in [-0.39, 0.29) is 5.60 Å². The Balaban J connectivity index is 1.77. The average Bonchev–Trinajstić information content (AvgIpc) is 2.47. The van der Waals surface area contributed by atoms with Gasteiger partial charge in [-0.15, -0.1) is 0 Å². The quantitative estimate of drug-likeness (QED) is 0.868. The first-order chi connectivity index (χ1) is 10.1. The van der Waals surface area contributed by atoms with E-state index in [1.54, 1.807) is 0 Å². The van der Waals surface area contributed by atoms with Gasteiger partial charge < -0.3 is 9.64 Å². The Hall–Kier alpha value is -1.94. The zero-order valence-electron chi connectivity index (χ0n) is 12.6. The molecular weight excluding hydrogens is 262 g/mol. The van der Waals surface area contributed by atoms with Crippen LogP contribution in [-0.2, 0) is 11.2 Å². The van der Waals surface area contributed by atoms with E-state index in [9.17, 15) is 0 Å². The molecule has 0 spiro atoms. The molecule has 0 radical (unpaired) electrons. The van der Waals surface area contributed by atoms with Gasteiger partial charge in [-0.3, -0.25) is 0 Å². The first kappa shape index (κ1) is 14.0. The number of hydrogen-bond donors (Lipinski definition) is 0. The van der Waals surface area contributed by atoms with Gasteiger partial charge in [-0.05, 0) is 25.5 Å². The molecule has 0 saturated carbocycles. The average molecular weight is 283 g/mol. The van der Waals surface area contributed by atoms with E-state index < -0.39 is 0 Å². The van der Waals surface area contributed by atoms with Crippen molar-refractivity contribution in [3.8, 4) is 0 Å². The Bertz CT molecular complexity index is 598.